The molecule has 0 unspecified atom stereocenters. The van der Waals surface area contributed by atoms with Gasteiger partial charge < -0.3 is 14.0 Å². The average molecular weight is 877 g/mol. The van der Waals surface area contributed by atoms with Gasteiger partial charge in [-0.3, -0.25) is 4.98 Å². The van der Waals surface area contributed by atoms with Gasteiger partial charge in [0, 0.05) is 43.9 Å². The summed E-state index contributed by atoms with van der Waals surface area (Å²) in [6, 6.07) is 41.9. The maximum atomic E-state index is 6.31. The standard InChI is InChI=1S/C27H20N3O.C18H24NSi.Ir/c1-17-12-14-21(25-24(17)20-15-13-18(2)28-27(20)31-25)26-29-22-10-6-7-11-23(22)30(26)16-19-8-4-3-5-9-19;1-14(2)11-16-12-17(15-9-7-6-8-10-15)19-13-18(16)20(3,4)5;/h3-13,15H,16H2,1-2H3;6-9,12-14H,11H2,1-5H3;/q2*-1;. The second-order valence-electron chi connectivity index (χ2n) is 14.8. The number of para-hydroxylation sites is 2. The summed E-state index contributed by atoms with van der Waals surface area (Å²) in [6.07, 6.45) is 3.24. The van der Waals surface area contributed by atoms with Crippen LogP contribution >= 0.6 is 0 Å². The van der Waals surface area contributed by atoms with Crippen molar-refractivity contribution in [3.63, 3.8) is 0 Å². The van der Waals surface area contributed by atoms with Crippen LogP contribution in [0.1, 0.15) is 36.2 Å². The minimum absolute atomic E-state index is 0. The zero-order chi connectivity index (χ0) is 35.7. The molecule has 0 N–H and O–H groups in total. The van der Waals surface area contributed by atoms with Crippen LogP contribution in [0.3, 0.4) is 0 Å². The van der Waals surface area contributed by atoms with E-state index >= 15 is 0 Å². The third-order valence-electron chi connectivity index (χ3n) is 9.22. The molecule has 4 heterocycles. The fraction of sp³-hybridized carbons (Fsp3) is 0.222. The molecule has 5 nitrogen and oxygen atoms in total. The Bertz CT molecular complexity index is 2460. The van der Waals surface area contributed by atoms with Crippen molar-refractivity contribution in [2.75, 3.05) is 0 Å². The normalized spacial score (nSPS) is 11.5. The van der Waals surface area contributed by atoms with Crippen molar-refractivity contribution in [2.45, 2.75) is 60.3 Å². The summed E-state index contributed by atoms with van der Waals surface area (Å²) in [4.78, 5) is 14.3. The van der Waals surface area contributed by atoms with E-state index in [0.717, 1.165) is 74.3 Å². The largest absolute Gasteiger partial charge is 0.486 e. The fourth-order valence-corrected chi connectivity index (χ4v) is 8.39. The summed E-state index contributed by atoms with van der Waals surface area (Å²) in [5, 5.41) is 3.60. The third-order valence-corrected chi connectivity index (χ3v) is 11.3. The van der Waals surface area contributed by atoms with Crippen molar-refractivity contribution in [2.24, 2.45) is 5.92 Å². The van der Waals surface area contributed by atoms with E-state index in [0.29, 0.717) is 11.6 Å². The average Bonchev–Trinajstić information content (AvgIpc) is 3.67. The molecular formula is C45H44IrN4OSi-2. The molecule has 0 saturated carbocycles. The quantitative estimate of drug-likeness (QED) is 0.118. The first-order valence-corrected chi connectivity index (χ1v) is 21.2. The van der Waals surface area contributed by atoms with Crippen LogP contribution in [0.15, 0.2) is 114 Å². The number of nitrogens with zero attached hydrogens (tertiary/aromatic N) is 4. The van der Waals surface area contributed by atoms with Crippen LogP contribution in [-0.4, -0.2) is 27.6 Å². The molecule has 0 aliphatic rings. The number of aryl methyl sites for hydroxylation is 2. The summed E-state index contributed by atoms with van der Waals surface area (Å²) in [7, 11) is -1.34. The molecule has 4 aromatic heterocycles. The number of imidazole rings is 1. The molecule has 0 bridgehead atoms. The van der Waals surface area contributed by atoms with E-state index in [1.807, 2.05) is 49.4 Å². The number of furan rings is 1. The van der Waals surface area contributed by atoms with Gasteiger partial charge in [0.1, 0.15) is 0 Å². The molecule has 0 saturated heterocycles. The van der Waals surface area contributed by atoms with Crippen LogP contribution in [0.4, 0.5) is 0 Å². The zero-order valence-electron chi connectivity index (χ0n) is 30.9. The Morgan fingerprint density at radius 1 is 0.846 bits per heavy atom. The minimum Gasteiger partial charge on any atom is -0.486 e. The molecular weight excluding hydrogens is 833 g/mol. The summed E-state index contributed by atoms with van der Waals surface area (Å²) in [5.41, 5.74) is 11.2. The number of benzene rings is 4. The molecule has 0 amide bonds. The van der Waals surface area contributed by atoms with Gasteiger partial charge >= 0.3 is 0 Å². The van der Waals surface area contributed by atoms with E-state index in [-0.39, 0.29) is 20.1 Å². The summed E-state index contributed by atoms with van der Waals surface area (Å²) < 4.78 is 8.55. The Labute approximate surface area is 321 Å². The molecule has 0 spiro atoms. The molecule has 4 aromatic carbocycles. The molecule has 52 heavy (non-hydrogen) atoms. The molecule has 1 radical (unpaired) electrons. The minimum atomic E-state index is -1.34. The van der Waals surface area contributed by atoms with Crippen molar-refractivity contribution in [3.8, 4) is 22.6 Å². The Hall–Kier alpha value is -4.68. The first-order valence-electron chi connectivity index (χ1n) is 17.7. The van der Waals surface area contributed by atoms with Crippen molar-refractivity contribution in [1.29, 1.82) is 0 Å². The molecule has 0 aliphatic heterocycles. The SMILES string of the molecule is CC(C)Cc1cc(-c2[c-]cccc2)ncc1[Si](C)(C)C.Cc1ccc2c(n1)oc1c(-c3nc4ccccc4n3Cc3ccccc3)[c-]cc(C)c12.[Ir]. The van der Waals surface area contributed by atoms with E-state index in [2.05, 4.69) is 134 Å². The molecule has 0 aliphatic carbocycles. The van der Waals surface area contributed by atoms with Gasteiger partial charge in [0.25, 0.3) is 0 Å². The Morgan fingerprint density at radius 3 is 2.33 bits per heavy atom. The van der Waals surface area contributed by atoms with Gasteiger partial charge in [0.05, 0.1) is 30.5 Å². The third kappa shape index (κ3) is 7.73. The van der Waals surface area contributed by atoms with Gasteiger partial charge in [-0.1, -0.05) is 105 Å². The predicted octanol–water partition coefficient (Wildman–Crippen LogP) is 10.8. The van der Waals surface area contributed by atoms with Crippen molar-refractivity contribution in [3.05, 3.63) is 144 Å². The van der Waals surface area contributed by atoms with Crippen molar-refractivity contribution < 1.29 is 24.5 Å². The second kappa shape index (κ2) is 15.5. The number of hydrogen-bond acceptors (Lipinski definition) is 4. The van der Waals surface area contributed by atoms with Crippen LogP contribution in [0.2, 0.25) is 19.6 Å². The molecule has 265 valence electrons. The molecule has 8 aromatic rings. The van der Waals surface area contributed by atoms with Crippen molar-refractivity contribution in [1.82, 2.24) is 19.5 Å². The van der Waals surface area contributed by atoms with Crippen LogP contribution in [0, 0.1) is 31.9 Å². The van der Waals surface area contributed by atoms with Crippen LogP contribution < -0.4 is 5.19 Å². The molecule has 7 heteroatoms. The smallest absolute Gasteiger partial charge is 0.216 e. The Balaban J connectivity index is 0.000000193. The maximum absolute atomic E-state index is 6.31. The Kier molecular flexibility index (Phi) is 11.1. The number of fused-ring (bicyclic) bond motifs is 4. The number of aromatic nitrogens is 4. The zero-order valence-corrected chi connectivity index (χ0v) is 34.3. The van der Waals surface area contributed by atoms with E-state index in [9.17, 15) is 0 Å². The van der Waals surface area contributed by atoms with Gasteiger partial charge in [0.2, 0.25) is 5.71 Å². The maximum Gasteiger partial charge on any atom is 0.216 e. The molecule has 0 fully saturated rings. The summed E-state index contributed by atoms with van der Waals surface area (Å²) >= 11 is 0. The van der Waals surface area contributed by atoms with Gasteiger partial charge in [0.15, 0.2) is 0 Å². The predicted molar refractivity (Wildman–Crippen MR) is 214 cm³/mol. The number of hydrogen-bond donors (Lipinski definition) is 0. The topological polar surface area (TPSA) is 56.7 Å². The van der Waals surface area contributed by atoms with Crippen LogP contribution in [0.5, 0.6) is 0 Å². The van der Waals surface area contributed by atoms with E-state index in [4.69, 9.17) is 9.40 Å². The van der Waals surface area contributed by atoms with E-state index < -0.39 is 8.07 Å². The number of rotatable bonds is 7. The van der Waals surface area contributed by atoms with Crippen LogP contribution in [-0.2, 0) is 33.1 Å². The Morgan fingerprint density at radius 2 is 1.60 bits per heavy atom. The van der Waals surface area contributed by atoms with Gasteiger partial charge in [-0.25, -0.2) is 4.98 Å². The van der Waals surface area contributed by atoms with Crippen LogP contribution in [0.25, 0.3) is 55.7 Å². The first kappa shape index (κ1) is 37.1. The van der Waals surface area contributed by atoms with E-state index in [1.165, 1.54) is 16.3 Å². The van der Waals surface area contributed by atoms with E-state index in [1.54, 1.807) is 0 Å². The second-order valence-corrected chi connectivity index (χ2v) is 19.8. The van der Waals surface area contributed by atoms with Crippen molar-refractivity contribution >= 4 is 46.4 Å². The monoisotopic (exact) mass is 877 g/mol. The van der Waals surface area contributed by atoms with Gasteiger partial charge in [-0.2, -0.15) is 0 Å². The first-order chi connectivity index (χ1) is 24.6. The van der Waals surface area contributed by atoms with Gasteiger partial charge in [-0.05, 0) is 60.0 Å². The molecule has 8 rings (SSSR count). The number of pyridine rings is 2. The van der Waals surface area contributed by atoms with Gasteiger partial charge in [-0.15, -0.1) is 53.6 Å². The fourth-order valence-electron chi connectivity index (χ4n) is 6.80. The summed E-state index contributed by atoms with van der Waals surface area (Å²) in [6.45, 7) is 16.5. The summed E-state index contributed by atoms with van der Waals surface area (Å²) in [5.74, 6) is 1.52. The molecule has 0 atom stereocenters.